The van der Waals surface area contributed by atoms with Gasteiger partial charge in [0.2, 0.25) is 0 Å². The van der Waals surface area contributed by atoms with Crippen molar-refractivity contribution in [1.82, 2.24) is 4.90 Å². The van der Waals surface area contributed by atoms with Gasteiger partial charge >= 0.3 is 6.03 Å². The molecule has 4 heteroatoms. The van der Waals surface area contributed by atoms with Crippen LogP contribution in [0.2, 0.25) is 5.02 Å². The Morgan fingerprint density at radius 3 is 2.26 bits per heavy atom. The van der Waals surface area contributed by atoms with Gasteiger partial charge in [0.15, 0.2) is 0 Å². The molecule has 1 rings (SSSR count). The minimum absolute atomic E-state index is 0.0717. The summed E-state index contributed by atoms with van der Waals surface area (Å²) in [6.07, 6.45) is 1.90. The molecule has 0 spiro atoms. The van der Waals surface area contributed by atoms with Gasteiger partial charge in [0.25, 0.3) is 0 Å². The number of urea groups is 1. The molecule has 0 heterocycles. The summed E-state index contributed by atoms with van der Waals surface area (Å²) in [6.45, 7) is 9.62. The van der Waals surface area contributed by atoms with Crippen LogP contribution in [0.1, 0.15) is 37.8 Å². The Bertz CT molecular complexity index is 417. The fourth-order valence-corrected chi connectivity index (χ4v) is 2.48. The van der Waals surface area contributed by atoms with Gasteiger partial charge in [-0.25, -0.2) is 4.79 Å². The SMILES string of the molecule is CCCN(CCC)C(=O)Nc1c(C)cc(C)cc1Cl. The maximum Gasteiger partial charge on any atom is 0.321 e. The van der Waals surface area contributed by atoms with Crippen molar-refractivity contribution in [3.05, 3.63) is 28.3 Å². The summed E-state index contributed by atoms with van der Waals surface area (Å²) in [7, 11) is 0. The second kappa shape index (κ2) is 7.39. The molecule has 0 aliphatic carbocycles. The molecule has 1 N–H and O–H groups in total. The van der Waals surface area contributed by atoms with E-state index in [2.05, 4.69) is 19.2 Å². The van der Waals surface area contributed by atoms with E-state index in [0.29, 0.717) is 5.02 Å². The zero-order valence-corrected chi connectivity index (χ0v) is 13.0. The van der Waals surface area contributed by atoms with E-state index in [4.69, 9.17) is 11.6 Å². The summed E-state index contributed by atoms with van der Waals surface area (Å²) in [5, 5.41) is 3.53. The highest BCUT2D eigenvalue weighted by atomic mass is 35.5. The van der Waals surface area contributed by atoms with Crippen molar-refractivity contribution in [3.63, 3.8) is 0 Å². The maximum absolute atomic E-state index is 12.2. The van der Waals surface area contributed by atoms with Crippen LogP contribution in [0.3, 0.4) is 0 Å². The fraction of sp³-hybridized carbons (Fsp3) is 0.533. The number of carbonyl (C=O) groups is 1. The summed E-state index contributed by atoms with van der Waals surface area (Å²) in [6, 6.07) is 3.82. The summed E-state index contributed by atoms with van der Waals surface area (Å²) in [5.74, 6) is 0. The van der Waals surface area contributed by atoms with Crippen LogP contribution >= 0.6 is 11.6 Å². The minimum Gasteiger partial charge on any atom is -0.325 e. The maximum atomic E-state index is 12.2. The standard InChI is InChI=1S/C15H23ClN2O/c1-5-7-18(8-6-2)15(19)17-14-12(4)9-11(3)10-13(14)16/h9-10H,5-8H2,1-4H3,(H,17,19). The number of benzene rings is 1. The van der Waals surface area contributed by atoms with Gasteiger partial charge in [-0.05, 0) is 43.9 Å². The molecular weight excluding hydrogens is 260 g/mol. The Labute approximate surface area is 120 Å². The third-order valence-corrected chi connectivity index (χ3v) is 3.24. The molecule has 1 aromatic carbocycles. The lowest BCUT2D eigenvalue weighted by Gasteiger charge is -2.23. The third kappa shape index (κ3) is 4.43. The molecule has 0 unspecified atom stereocenters. The Kier molecular flexibility index (Phi) is 6.16. The smallest absolute Gasteiger partial charge is 0.321 e. The second-order valence-electron chi connectivity index (χ2n) is 4.86. The highest BCUT2D eigenvalue weighted by Crippen LogP contribution is 2.27. The van der Waals surface area contributed by atoms with E-state index in [-0.39, 0.29) is 6.03 Å². The van der Waals surface area contributed by atoms with Crippen molar-refractivity contribution in [2.24, 2.45) is 0 Å². The summed E-state index contributed by atoms with van der Waals surface area (Å²) in [4.78, 5) is 14.1. The summed E-state index contributed by atoms with van der Waals surface area (Å²) < 4.78 is 0. The van der Waals surface area contributed by atoms with E-state index in [1.807, 2.05) is 30.9 Å². The number of carbonyl (C=O) groups excluding carboxylic acids is 1. The Hall–Kier alpha value is -1.22. The average molecular weight is 283 g/mol. The van der Waals surface area contributed by atoms with Crippen LogP contribution in [0.15, 0.2) is 12.1 Å². The quantitative estimate of drug-likeness (QED) is 0.840. The molecular formula is C15H23ClN2O. The van der Waals surface area contributed by atoms with Crippen LogP contribution in [0.25, 0.3) is 0 Å². The number of aryl methyl sites for hydroxylation is 2. The van der Waals surface area contributed by atoms with Crippen LogP contribution in [-0.4, -0.2) is 24.0 Å². The highest BCUT2D eigenvalue weighted by Gasteiger charge is 2.14. The average Bonchev–Trinajstić information content (AvgIpc) is 2.33. The van der Waals surface area contributed by atoms with Gasteiger partial charge in [-0.1, -0.05) is 31.5 Å². The van der Waals surface area contributed by atoms with Crippen molar-refractivity contribution in [2.75, 3.05) is 18.4 Å². The number of hydrogen-bond donors (Lipinski definition) is 1. The fourth-order valence-electron chi connectivity index (χ4n) is 2.11. The molecule has 106 valence electrons. The van der Waals surface area contributed by atoms with Gasteiger partial charge in [0.1, 0.15) is 0 Å². The van der Waals surface area contributed by atoms with Gasteiger partial charge in [-0.2, -0.15) is 0 Å². The molecule has 3 nitrogen and oxygen atoms in total. The monoisotopic (exact) mass is 282 g/mol. The first kappa shape index (κ1) is 15.8. The highest BCUT2D eigenvalue weighted by molar-refractivity contribution is 6.34. The number of hydrogen-bond acceptors (Lipinski definition) is 1. The normalized spacial score (nSPS) is 10.4. The predicted molar refractivity (Wildman–Crippen MR) is 82.1 cm³/mol. The number of amides is 2. The number of anilines is 1. The van der Waals surface area contributed by atoms with E-state index in [9.17, 15) is 4.79 Å². The molecule has 2 amide bonds. The van der Waals surface area contributed by atoms with Crippen LogP contribution in [0, 0.1) is 13.8 Å². The van der Waals surface area contributed by atoms with Crippen molar-refractivity contribution in [1.29, 1.82) is 0 Å². The lowest BCUT2D eigenvalue weighted by molar-refractivity contribution is 0.211. The topological polar surface area (TPSA) is 32.3 Å². The minimum atomic E-state index is -0.0717. The van der Waals surface area contributed by atoms with E-state index in [1.165, 1.54) is 0 Å². The first-order valence-corrected chi connectivity index (χ1v) is 7.20. The zero-order chi connectivity index (χ0) is 14.4. The van der Waals surface area contributed by atoms with Crippen molar-refractivity contribution in [2.45, 2.75) is 40.5 Å². The molecule has 0 fully saturated rings. The van der Waals surface area contributed by atoms with Crippen molar-refractivity contribution >= 4 is 23.3 Å². The van der Waals surface area contributed by atoms with Crippen LogP contribution in [0.4, 0.5) is 10.5 Å². The third-order valence-electron chi connectivity index (χ3n) is 2.94. The Morgan fingerprint density at radius 2 is 1.79 bits per heavy atom. The molecule has 0 saturated carbocycles. The van der Waals surface area contributed by atoms with Crippen molar-refractivity contribution in [3.8, 4) is 0 Å². The molecule has 0 atom stereocenters. The van der Waals surface area contributed by atoms with Crippen molar-refractivity contribution < 1.29 is 4.79 Å². The summed E-state index contributed by atoms with van der Waals surface area (Å²) in [5.41, 5.74) is 2.81. The summed E-state index contributed by atoms with van der Waals surface area (Å²) >= 11 is 6.20. The van der Waals surface area contributed by atoms with Crippen LogP contribution < -0.4 is 5.32 Å². The number of halogens is 1. The zero-order valence-electron chi connectivity index (χ0n) is 12.2. The second-order valence-corrected chi connectivity index (χ2v) is 5.26. The molecule has 1 aromatic rings. The number of nitrogens with zero attached hydrogens (tertiary/aromatic N) is 1. The van der Waals surface area contributed by atoms with Gasteiger partial charge in [0.05, 0.1) is 10.7 Å². The van der Waals surface area contributed by atoms with Gasteiger partial charge in [-0.15, -0.1) is 0 Å². The Morgan fingerprint density at radius 1 is 1.21 bits per heavy atom. The number of nitrogens with one attached hydrogen (secondary N) is 1. The molecule has 0 aliphatic heterocycles. The largest absolute Gasteiger partial charge is 0.325 e. The van der Waals surface area contributed by atoms with E-state index < -0.39 is 0 Å². The molecule has 0 aromatic heterocycles. The van der Waals surface area contributed by atoms with Crippen LogP contribution in [0.5, 0.6) is 0 Å². The lowest BCUT2D eigenvalue weighted by atomic mass is 10.1. The van der Waals surface area contributed by atoms with E-state index in [1.54, 1.807) is 0 Å². The Balaban J connectivity index is 2.86. The van der Waals surface area contributed by atoms with Crippen LogP contribution in [-0.2, 0) is 0 Å². The molecule has 0 saturated heterocycles. The molecule has 19 heavy (non-hydrogen) atoms. The first-order chi connectivity index (χ1) is 8.99. The molecule has 0 aliphatic rings. The van der Waals surface area contributed by atoms with Gasteiger partial charge in [0, 0.05) is 13.1 Å². The number of rotatable bonds is 5. The first-order valence-electron chi connectivity index (χ1n) is 6.82. The lowest BCUT2D eigenvalue weighted by Crippen LogP contribution is -2.36. The van der Waals surface area contributed by atoms with E-state index >= 15 is 0 Å². The molecule has 0 radical (unpaired) electrons. The van der Waals surface area contributed by atoms with E-state index in [0.717, 1.165) is 42.7 Å². The van der Waals surface area contributed by atoms with Gasteiger partial charge in [-0.3, -0.25) is 0 Å². The predicted octanol–water partition coefficient (Wildman–Crippen LogP) is 4.61. The molecule has 0 bridgehead atoms. The van der Waals surface area contributed by atoms with Gasteiger partial charge < -0.3 is 10.2 Å².